The molecule has 0 spiro atoms. The van der Waals surface area contributed by atoms with Gasteiger partial charge in [-0.25, -0.2) is 9.97 Å². The number of nitrogens with zero attached hydrogens (tertiary/aromatic N) is 2. The molecule has 26 heavy (non-hydrogen) atoms. The summed E-state index contributed by atoms with van der Waals surface area (Å²) in [6, 6.07) is 13.5. The Bertz CT molecular complexity index is 908. The van der Waals surface area contributed by atoms with Crippen LogP contribution in [0.4, 0.5) is 11.6 Å². The second kappa shape index (κ2) is 7.97. The van der Waals surface area contributed by atoms with Crippen LogP contribution in [-0.2, 0) is 6.54 Å². The summed E-state index contributed by atoms with van der Waals surface area (Å²) in [4.78, 5) is 20.8. The average molecular weight is 367 g/mol. The number of benzene rings is 2. The van der Waals surface area contributed by atoms with Gasteiger partial charge in [0.15, 0.2) is 0 Å². The Kier molecular flexibility index (Phi) is 5.49. The third kappa shape index (κ3) is 4.58. The predicted octanol–water partition coefficient (Wildman–Crippen LogP) is 4.61. The van der Waals surface area contributed by atoms with E-state index in [4.69, 9.17) is 11.6 Å². The van der Waals surface area contributed by atoms with E-state index in [0.717, 1.165) is 22.4 Å². The molecule has 0 saturated carbocycles. The first kappa shape index (κ1) is 17.9. The number of hydrogen-bond donors (Lipinski definition) is 2. The van der Waals surface area contributed by atoms with E-state index in [2.05, 4.69) is 20.6 Å². The Balaban J connectivity index is 1.62. The summed E-state index contributed by atoms with van der Waals surface area (Å²) in [5.74, 6) is 0.228. The van der Waals surface area contributed by atoms with Gasteiger partial charge in [-0.2, -0.15) is 0 Å². The Hall–Kier alpha value is -2.92. The van der Waals surface area contributed by atoms with Gasteiger partial charge in [-0.15, -0.1) is 0 Å². The largest absolute Gasteiger partial charge is 0.350 e. The molecule has 0 saturated heterocycles. The summed E-state index contributed by atoms with van der Waals surface area (Å²) in [6.07, 6.45) is 3.02. The quantitative estimate of drug-likeness (QED) is 0.691. The van der Waals surface area contributed by atoms with Crippen LogP contribution < -0.4 is 10.6 Å². The molecule has 2 aromatic carbocycles. The number of rotatable bonds is 5. The van der Waals surface area contributed by atoms with E-state index in [1.807, 2.05) is 56.3 Å². The molecule has 0 bridgehead atoms. The smallest absolute Gasteiger partial charge is 0.258 e. The van der Waals surface area contributed by atoms with E-state index in [-0.39, 0.29) is 5.91 Å². The molecular weight excluding hydrogens is 348 g/mol. The fourth-order valence-corrected chi connectivity index (χ4v) is 2.51. The first-order valence-electron chi connectivity index (χ1n) is 8.20. The molecular formula is C20H19ClN4O. The van der Waals surface area contributed by atoms with Gasteiger partial charge < -0.3 is 10.6 Å². The number of nitrogens with one attached hydrogen (secondary N) is 2. The van der Waals surface area contributed by atoms with Crippen LogP contribution in [-0.4, -0.2) is 15.9 Å². The lowest BCUT2D eigenvalue weighted by molar-refractivity contribution is 0.102. The highest BCUT2D eigenvalue weighted by Crippen LogP contribution is 2.17. The Labute approximate surface area is 157 Å². The van der Waals surface area contributed by atoms with Crippen molar-refractivity contribution in [3.05, 3.63) is 82.1 Å². The molecule has 0 unspecified atom stereocenters. The lowest BCUT2D eigenvalue weighted by Gasteiger charge is -2.09. The van der Waals surface area contributed by atoms with E-state index in [1.165, 1.54) is 12.4 Å². The highest BCUT2D eigenvalue weighted by Gasteiger charge is 2.09. The lowest BCUT2D eigenvalue weighted by atomic mass is 10.1. The molecule has 0 aliphatic rings. The zero-order valence-electron chi connectivity index (χ0n) is 14.6. The van der Waals surface area contributed by atoms with Crippen molar-refractivity contribution in [3.8, 4) is 0 Å². The SMILES string of the molecule is Cc1ccc(C)c(NC(=O)c2cnc(NCc3ccc(Cl)cc3)nc2)c1. The lowest BCUT2D eigenvalue weighted by Crippen LogP contribution is -2.14. The zero-order chi connectivity index (χ0) is 18.5. The summed E-state index contributed by atoms with van der Waals surface area (Å²) in [6.45, 7) is 4.51. The number of carbonyl (C=O) groups excluding carboxylic acids is 1. The molecule has 3 rings (SSSR count). The van der Waals surface area contributed by atoms with Crippen LogP contribution in [0.1, 0.15) is 27.0 Å². The number of anilines is 2. The van der Waals surface area contributed by atoms with Crippen molar-refractivity contribution in [1.82, 2.24) is 9.97 Å². The van der Waals surface area contributed by atoms with Crippen LogP contribution in [0, 0.1) is 13.8 Å². The van der Waals surface area contributed by atoms with Crippen LogP contribution in [0.15, 0.2) is 54.9 Å². The van der Waals surface area contributed by atoms with Gasteiger partial charge in [-0.3, -0.25) is 4.79 Å². The molecule has 1 heterocycles. The Morgan fingerprint density at radius 2 is 1.73 bits per heavy atom. The van der Waals surface area contributed by atoms with E-state index in [9.17, 15) is 4.79 Å². The molecule has 0 radical (unpaired) electrons. The Morgan fingerprint density at radius 3 is 2.42 bits per heavy atom. The molecule has 1 amide bonds. The molecule has 0 aliphatic carbocycles. The summed E-state index contributed by atoms with van der Waals surface area (Å²) in [5, 5.41) is 6.71. The van der Waals surface area contributed by atoms with Crippen LogP contribution in [0.3, 0.4) is 0 Å². The highest BCUT2D eigenvalue weighted by atomic mass is 35.5. The topological polar surface area (TPSA) is 66.9 Å². The average Bonchev–Trinajstić information content (AvgIpc) is 2.64. The number of halogens is 1. The van der Waals surface area contributed by atoms with Crippen LogP contribution in [0.5, 0.6) is 0 Å². The molecule has 3 aromatic rings. The maximum Gasteiger partial charge on any atom is 0.258 e. The van der Waals surface area contributed by atoms with Gasteiger partial charge in [0.05, 0.1) is 5.56 Å². The minimum atomic E-state index is -0.233. The third-order valence-corrected chi connectivity index (χ3v) is 4.17. The van der Waals surface area contributed by atoms with Gasteiger partial charge in [-0.1, -0.05) is 35.9 Å². The third-order valence-electron chi connectivity index (χ3n) is 3.92. The number of hydrogen-bond acceptors (Lipinski definition) is 4. The number of amides is 1. The van der Waals surface area contributed by atoms with Crippen molar-refractivity contribution in [2.45, 2.75) is 20.4 Å². The highest BCUT2D eigenvalue weighted by molar-refractivity contribution is 6.30. The van der Waals surface area contributed by atoms with Gasteiger partial charge in [-0.05, 0) is 48.7 Å². The molecule has 0 fully saturated rings. The number of aromatic nitrogens is 2. The molecule has 0 aliphatic heterocycles. The second-order valence-corrected chi connectivity index (χ2v) is 6.48. The van der Waals surface area contributed by atoms with Crippen molar-refractivity contribution in [2.24, 2.45) is 0 Å². The Morgan fingerprint density at radius 1 is 1.04 bits per heavy atom. The fraction of sp³-hybridized carbons (Fsp3) is 0.150. The molecule has 0 atom stereocenters. The van der Waals surface area contributed by atoms with Gasteiger partial charge in [0.25, 0.3) is 5.91 Å². The molecule has 6 heteroatoms. The van der Waals surface area contributed by atoms with Crippen molar-refractivity contribution < 1.29 is 4.79 Å². The van der Waals surface area contributed by atoms with Gasteiger partial charge in [0, 0.05) is 29.6 Å². The summed E-state index contributed by atoms with van der Waals surface area (Å²) < 4.78 is 0. The van der Waals surface area contributed by atoms with Crippen LogP contribution in [0.2, 0.25) is 5.02 Å². The predicted molar refractivity (Wildman–Crippen MR) is 105 cm³/mol. The summed E-state index contributed by atoms with van der Waals surface area (Å²) in [5.41, 5.74) is 4.35. The van der Waals surface area contributed by atoms with Crippen molar-refractivity contribution in [1.29, 1.82) is 0 Å². The number of aryl methyl sites for hydroxylation is 2. The van der Waals surface area contributed by atoms with Gasteiger partial charge in [0.2, 0.25) is 5.95 Å². The monoisotopic (exact) mass is 366 g/mol. The maximum absolute atomic E-state index is 12.4. The van der Waals surface area contributed by atoms with E-state index in [1.54, 1.807) is 0 Å². The first-order chi connectivity index (χ1) is 12.5. The normalized spacial score (nSPS) is 10.4. The minimum absolute atomic E-state index is 0.233. The zero-order valence-corrected chi connectivity index (χ0v) is 15.3. The van der Waals surface area contributed by atoms with E-state index >= 15 is 0 Å². The summed E-state index contributed by atoms with van der Waals surface area (Å²) in [7, 11) is 0. The summed E-state index contributed by atoms with van der Waals surface area (Å²) >= 11 is 5.87. The maximum atomic E-state index is 12.4. The van der Waals surface area contributed by atoms with Gasteiger partial charge in [0.1, 0.15) is 0 Å². The van der Waals surface area contributed by atoms with E-state index < -0.39 is 0 Å². The number of carbonyl (C=O) groups is 1. The van der Waals surface area contributed by atoms with Crippen molar-refractivity contribution in [2.75, 3.05) is 10.6 Å². The molecule has 1 aromatic heterocycles. The van der Waals surface area contributed by atoms with Crippen LogP contribution in [0.25, 0.3) is 0 Å². The first-order valence-corrected chi connectivity index (χ1v) is 8.58. The molecule has 2 N–H and O–H groups in total. The van der Waals surface area contributed by atoms with Crippen LogP contribution >= 0.6 is 11.6 Å². The molecule has 5 nitrogen and oxygen atoms in total. The second-order valence-electron chi connectivity index (χ2n) is 6.05. The van der Waals surface area contributed by atoms with Gasteiger partial charge >= 0.3 is 0 Å². The van der Waals surface area contributed by atoms with Crippen molar-refractivity contribution in [3.63, 3.8) is 0 Å². The fourth-order valence-electron chi connectivity index (χ4n) is 2.38. The standard InChI is InChI=1S/C20H19ClN4O/c1-13-3-4-14(2)18(9-13)25-19(26)16-11-23-20(24-12-16)22-10-15-5-7-17(21)8-6-15/h3-9,11-12H,10H2,1-2H3,(H,25,26)(H,22,23,24). The van der Waals surface area contributed by atoms with E-state index in [0.29, 0.717) is 23.1 Å². The van der Waals surface area contributed by atoms with Crippen molar-refractivity contribution >= 4 is 29.1 Å². The molecule has 132 valence electrons. The minimum Gasteiger partial charge on any atom is -0.350 e.